The lowest BCUT2D eigenvalue weighted by Gasteiger charge is -2.30. The van der Waals surface area contributed by atoms with Crippen LogP contribution in [0, 0.1) is 13.8 Å². The Kier molecular flexibility index (Phi) is 6.53. The average molecular weight is 317 g/mol. The molecule has 1 fully saturated rings. The Morgan fingerprint density at radius 1 is 1.37 bits per heavy atom. The maximum Gasteiger partial charge on any atom is 0.0946 e. The second kappa shape index (κ2) is 7.91. The Balaban J connectivity index is 1.99. The molecule has 0 aliphatic carbocycles. The third-order valence-corrected chi connectivity index (χ3v) is 7.43. The van der Waals surface area contributed by atoms with Crippen molar-refractivity contribution in [2.24, 2.45) is 0 Å². The maximum absolute atomic E-state index is 4.72. The van der Waals surface area contributed by atoms with Gasteiger partial charge in [0.15, 0.2) is 0 Å². The third kappa shape index (κ3) is 4.66. The molecule has 5 heteroatoms. The summed E-state index contributed by atoms with van der Waals surface area (Å²) in [5.74, 6) is 3.90. The van der Waals surface area contributed by atoms with Crippen molar-refractivity contribution in [3.8, 4) is 0 Å². The molecule has 1 saturated heterocycles. The van der Waals surface area contributed by atoms with Crippen molar-refractivity contribution in [1.82, 2.24) is 10.3 Å². The molecule has 2 heterocycles. The number of thiazole rings is 1. The number of nitrogens with one attached hydrogen (secondary N) is 1. The Labute approximate surface area is 129 Å². The first-order valence-electron chi connectivity index (χ1n) is 7.06. The van der Waals surface area contributed by atoms with E-state index in [2.05, 4.69) is 49.6 Å². The lowest BCUT2D eigenvalue weighted by molar-refractivity contribution is 0.505. The van der Waals surface area contributed by atoms with Crippen LogP contribution in [0.4, 0.5) is 0 Å². The second-order valence-electron chi connectivity index (χ2n) is 5.00. The predicted molar refractivity (Wildman–Crippen MR) is 90.9 cm³/mol. The topological polar surface area (TPSA) is 24.9 Å². The summed E-state index contributed by atoms with van der Waals surface area (Å²) in [6.45, 7) is 7.66. The van der Waals surface area contributed by atoms with Gasteiger partial charge in [-0.15, -0.1) is 11.3 Å². The van der Waals surface area contributed by atoms with Crippen molar-refractivity contribution in [3.05, 3.63) is 15.6 Å². The minimum Gasteiger partial charge on any atom is -0.312 e. The van der Waals surface area contributed by atoms with E-state index in [-0.39, 0.29) is 0 Å². The Morgan fingerprint density at radius 3 is 2.79 bits per heavy atom. The molecule has 0 spiro atoms. The number of rotatable bonds is 6. The predicted octanol–water partition coefficient (Wildman–Crippen LogP) is 3.52. The quantitative estimate of drug-likeness (QED) is 0.868. The molecule has 1 aliphatic rings. The van der Waals surface area contributed by atoms with E-state index < -0.39 is 0 Å². The molecule has 2 rings (SSSR count). The molecular formula is C14H24N2S3. The maximum atomic E-state index is 4.72. The van der Waals surface area contributed by atoms with Crippen LogP contribution in [-0.2, 0) is 6.42 Å². The van der Waals surface area contributed by atoms with Gasteiger partial charge in [-0.1, -0.05) is 6.92 Å². The van der Waals surface area contributed by atoms with Crippen molar-refractivity contribution in [3.63, 3.8) is 0 Å². The molecule has 0 radical (unpaired) electrons. The zero-order chi connectivity index (χ0) is 13.7. The molecule has 2 atom stereocenters. The molecule has 1 N–H and O–H groups in total. The first-order valence-corrected chi connectivity index (χ1v) is 10.1. The average Bonchev–Trinajstić information content (AvgIpc) is 2.74. The normalized spacial score (nSPS) is 21.5. The number of aryl methyl sites for hydroxylation is 2. The van der Waals surface area contributed by atoms with Gasteiger partial charge in [0, 0.05) is 39.8 Å². The number of thioether (sulfide) groups is 2. The zero-order valence-electron chi connectivity index (χ0n) is 12.1. The van der Waals surface area contributed by atoms with Crippen LogP contribution >= 0.6 is 34.9 Å². The number of nitrogens with zero attached hydrogens (tertiary/aromatic N) is 1. The highest BCUT2D eigenvalue weighted by molar-refractivity contribution is 8.06. The van der Waals surface area contributed by atoms with Gasteiger partial charge in [0.1, 0.15) is 0 Å². The summed E-state index contributed by atoms with van der Waals surface area (Å²) in [5, 5.41) is 5.80. The van der Waals surface area contributed by atoms with Crippen LogP contribution in [-0.4, -0.2) is 40.1 Å². The summed E-state index contributed by atoms with van der Waals surface area (Å²) >= 11 is 6.12. The third-order valence-electron chi connectivity index (χ3n) is 3.41. The zero-order valence-corrected chi connectivity index (χ0v) is 14.5. The first kappa shape index (κ1) is 15.7. The van der Waals surface area contributed by atoms with Crippen LogP contribution in [0.5, 0.6) is 0 Å². The van der Waals surface area contributed by atoms with Gasteiger partial charge in [0.05, 0.1) is 10.7 Å². The highest BCUT2D eigenvalue weighted by Crippen LogP contribution is 2.29. The van der Waals surface area contributed by atoms with Crippen LogP contribution < -0.4 is 5.32 Å². The minimum absolute atomic E-state index is 0.586. The van der Waals surface area contributed by atoms with E-state index in [4.69, 9.17) is 4.98 Å². The van der Waals surface area contributed by atoms with Crippen LogP contribution in [0.25, 0.3) is 0 Å². The molecule has 19 heavy (non-hydrogen) atoms. The van der Waals surface area contributed by atoms with E-state index in [1.807, 2.05) is 11.3 Å². The van der Waals surface area contributed by atoms with Gasteiger partial charge in [-0.2, -0.15) is 23.5 Å². The monoisotopic (exact) mass is 316 g/mol. The Bertz CT molecular complexity index is 367. The summed E-state index contributed by atoms with van der Waals surface area (Å²) in [5.41, 5.74) is 1.21. The second-order valence-corrected chi connectivity index (χ2v) is 8.78. The summed E-state index contributed by atoms with van der Waals surface area (Å²) in [4.78, 5) is 6.09. The fourth-order valence-electron chi connectivity index (χ4n) is 2.22. The van der Waals surface area contributed by atoms with Gasteiger partial charge in [-0.25, -0.2) is 4.98 Å². The molecule has 1 aromatic heterocycles. The summed E-state index contributed by atoms with van der Waals surface area (Å²) in [6.07, 6.45) is 2.30. The Morgan fingerprint density at radius 2 is 2.21 bits per heavy atom. The van der Waals surface area contributed by atoms with Crippen molar-refractivity contribution in [2.75, 3.05) is 23.8 Å². The van der Waals surface area contributed by atoms with E-state index in [1.165, 1.54) is 39.3 Å². The van der Waals surface area contributed by atoms with Gasteiger partial charge in [-0.3, -0.25) is 0 Å². The van der Waals surface area contributed by atoms with Crippen molar-refractivity contribution >= 4 is 34.9 Å². The van der Waals surface area contributed by atoms with E-state index in [0.717, 1.165) is 18.2 Å². The molecule has 0 aromatic carbocycles. The van der Waals surface area contributed by atoms with Crippen molar-refractivity contribution in [1.29, 1.82) is 0 Å². The van der Waals surface area contributed by atoms with Crippen molar-refractivity contribution < 1.29 is 0 Å². The SMILES string of the molecule is CCCNC(Cc1nc(C)c(C)s1)C1CSCCS1. The largest absolute Gasteiger partial charge is 0.312 e. The van der Waals surface area contributed by atoms with Gasteiger partial charge in [-0.05, 0) is 26.8 Å². The van der Waals surface area contributed by atoms with Gasteiger partial charge >= 0.3 is 0 Å². The molecule has 1 aliphatic heterocycles. The van der Waals surface area contributed by atoms with Crippen LogP contribution in [0.3, 0.4) is 0 Å². The molecule has 2 nitrogen and oxygen atoms in total. The molecule has 0 bridgehead atoms. The van der Waals surface area contributed by atoms with Gasteiger partial charge < -0.3 is 5.32 Å². The lowest BCUT2D eigenvalue weighted by atomic mass is 10.1. The molecule has 108 valence electrons. The molecular weight excluding hydrogens is 292 g/mol. The fourth-order valence-corrected chi connectivity index (χ4v) is 6.10. The molecule has 0 amide bonds. The van der Waals surface area contributed by atoms with Gasteiger partial charge in [0.2, 0.25) is 0 Å². The highest BCUT2D eigenvalue weighted by atomic mass is 32.2. The number of hydrogen-bond donors (Lipinski definition) is 1. The highest BCUT2D eigenvalue weighted by Gasteiger charge is 2.25. The smallest absolute Gasteiger partial charge is 0.0946 e. The number of aromatic nitrogens is 1. The number of hydrogen-bond acceptors (Lipinski definition) is 5. The lowest BCUT2D eigenvalue weighted by Crippen LogP contribution is -2.43. The summed E-state index contributed by atoms with van der Waals surface area (Å²) < 4.78 is 0. The molecule has 1 aromatic rings. The minimum atomic E-state index is 0.586. The standard InChI is InChI=1S/C14H24N2S3/c1-4-5-15-12(13-9-17-6-7-18-13)8-14-16-10(2)11(3)19-14/h12-13,15H,4-9H2,1-3H3. The van der Waals surface area contributed by atoms with Crippen LogP contribution in [0.15, 0.2) is 0 Å². The van der Waals surface area contributed by atoms with Crippen LogP contribution in [0.1, 0.15) is 28.9 Å². The fraction of sp³-hybridized carbons (Fsp3) is 0.786. The van der Waals surface area contributed by atoms with Gasteiger partial charge in [0.25, 0.3) is 0 Å². The summed E-state index contributed by atoms with van der Waals surface area (Å²) in [7, 11) is 0. The molecule has 2 unspecified atom stereocenters. The van der Waals surface area contributed by atoms with E-state index in [9.17, 15) is 0 Å². The van der Waals surface area contributed by atoms with E-state index >= 15 is 0 Å². The van der Waals surface area contributed by atoms with E-state index in [0.29, 0.717) is 6.04 Å². The van der Waals surface area contributed by atoms with E-state index in [1.54, 1.807) is 0 Å². The Hall–Kier alpha value is 0.290. The van der Waals surface area contributed by atoms with Crippen molar-refractivity contribution in [2.45, 2.75) is 44.9 Å². The molecule has 0 saturated carbocycles. The summed E-state index contributed by atoms with van der Waals surface area (Å²) in [6, 6.07) is 0.586. The van der Waals surface area contributed by atoms with Crippen LogP contribution in [0.2, 0.25) is 0 Å². The first-order chi connectivity index (χ1) is 9.20.